The summed E-state index contributed by atoms with van der Waals surface area (Å²) in [6.45, 7) is 0.680. The number of fused-ring (bicyclic) bond motifs is 3. The molecule has 2 unspecified atom stereocenters. The smallest absolute Gasteiger partial charge is 0.407 e. The van der Waals surface area contributed by atoms with Crippen LogP contribution in [0.25, 0.3) is 11.1 Å². The molecule has 0 saturated carbocycles. The molecule has 2 aromatic carbocycles. The molecule has 2 atom stereocenters. The number of hydrogen-bond acceptors (Lipinski definition) is 6. The van der Waals surface area contributed by atoms with Crippen LogP contribution in [-0.4, -0.2) is 78.4 Å². The zero-order valence-corrected chi connectivity index (χ0v) is 19.8. The Kier molecular flexibility index (Phi) is 7.74. The molecule has 0 radical (unpaired) electrons. The van der Waals surface area contributed by atoms with Gasteiger partial charge in [0, 0.05) is 44.1 Å². The molecule has 2 N–H and O–H groups in total. The van der Waals surface area contributed by atoms with Crippen molar-refractivity contribution in [1.82, 2.24) is 10.2 Å². The standard InChI is InChI=1S/C25H28N2O6S/c1-32-12-10-21(23(28)27-11-13-34-15-22(27)24(29)30)26-25(31)33-14-20-18-8-4-2-6-16(18)17-7-3-5-9-19(17)20/h2-9,20-22H,10-15H2,1H3,(H,26,31)(H,29,30). The van der Waals surface area contributed by atoms with Crippen molar-refractivity contribution in [3.05, 3.63) is 59.7 Å². The molecular weight excluding hydrogens is 456 g/mol. The van der Waals surface area contributed by atoms with Gasteiger partial charge in [0.25, 0.3) is 0 Å². The Labute approximate surface area is 202 Å². The molecule has 1 fully saturated rings. The summed E-state index contributed by atoms with van der Waals surface area (Å²) in [7, 11) is 1.51. The van der Waals surface area contributed by atoms with Gasteiger partial charge >= 0.3 is 12.1 Å². The fourth-order valence-electron chi connectivity index (χ4n) is 4.55. The van der Waals surface area contributed by atoms with E-state index in [2.05, 4.69) is 17.4 Å². The van der Waals surface area contributed by atoms with Crippen LogP contribution in [0.5, 0.6) is 0 Å². The Morgan fingerprint density at radius 2 is 1.76 bits per heavy atom. The van der Waals surface area contributed by atoms with Gasteiger partial charge in [-0.1, -0.05) is 48.5 Å². The molecule has 0 aromatic heterocycles. The van der Waals surface area contributed by atoms with Crippen LogP contribution in [0.4, 0.5) is 4.79 Å². The first-order valence-corrected chi connectivity index (χ1v) is 12.4. The molecular formula is C25H28N2O6S. The predicted octanol–water partition coefficient (Wildman–Crippen LogP) is 2.96. The highest BCUT2D eigenvalue weighted by molar-refractivity contribution is 7.99. The molecule has 0 spiro atoms. The minimum atomic E-state index is -1.05. The monoisotopic (exact) mass is 484 g/mol. The molecule has 0 bridgehead atoms. The number of benzene rings is 2. The lowest BCUT2D eigenvalue weighted by Gasteiger charge is -2.35. The third kappa shape index (κ3) is 5.05. The van der Waals surface area contributed by atoms with Crippen molar-refractivity contribution in [1.29, 1.82) is 0 Å². The van der Waals surface area contributed by atoms with Gasteiger partial charge < -0.3 is 24.8 Å². The van der Waals surface area contributed by atoms with E-state index >= 15 is 0 Å². The second kappa shape index (κ2) is 10.9. The summed E-state index contributed by atoms with van der Waals surface area (Å²) in [4.78, 5) is 38.9. The summed E-state index contributed by atoms with van der Waals surface area (Å²) in [5.41, 5.74) is 4.45. The number of hydrogen-bond donors (Lipinski definition) is 2. The van der Waals surface area contributed by atoms with Crippen LogP contribution in [0.1, 0.15) is 23.5 Å². The predicted molar refractivity (Wildman–Crippen MR) is 129 cm³/mol. The molecule has 2 aromatic rings. The first-order chi connectivity index (χ1) is 16.5. The maximum Gasteiger partial charge on any atom is 0.407 e. The summed E-state index contributed by atoms with van der Waals surface area (Å²) >= 11 is 1.50. The van der Waals surface area contributed by atoms with E-state index in [0.717, 1.165) is 22.3 Å². The number of carbonyl (C=O) groups excluding carboxylic acids is 2. The Morgan fingerprint density at radius 3 is 2.38 bits per heavy atom. The SMILES string of the molecule is COCCC(NC(=O)OCC1c2ccccc2-c2ccccc21)C(=O)N1CCSCC1C(=O)O. The average molecular weight is 485 g/mol. The van der Waals surface area contributed by atoms with E-state index in [1.165, 1.54) is 23.8 Å². The number of ether oxygens (including phenoxy) is 2. The number of methoxy groups -OCH3 is 1. The number of alkyl carbamates (subject to hydrolysis) is 1. The fraction of sp³-hybridized carbons (Fsp3) is 0.400. The Hall–Kier alpha value is -3.04. The van der Waals surface area contributed by atoms with Gasteiger partial charge in [-0.3, -0.25) is 4.79 Å². The Balaban J connectivity index is 1.44. The largest absolute Gasteiger partial charge is 0.480 e. The number of nitrogens with zero attached hydrogens (tertiary/aromatic N) is 1. The van der Waals surface area contributed by atoms with Crippen molar-refractivity contribution in [2.75, 3.05) is 38.4 Å². The summed E-state index contributed by atoms with van der Waals surface area (Å²) < 4.78 is 10.7. The second-order valence-electron chi connectivity index (χ2n) is 8.26. The third-order valence-corrected chi connectivity index (χ3v) is 7.26. The van der Waals surface area contributed by atoms with E-state index in [1.54, 1.807) is 0 Å². The zero-order chi connectivity index (χ0) is 24.1. The molecule has 4 rings (SSSR count). The molecule has 34 heavy (non-hydrogen) atoms. The van der Waals surface area contributed by atoms with Crippen LogP contribution < -0.4 is 5.32 Å². The fourth-order valence-corrected chi connectivity index (χ4v) is 5.59. The number of carbonyl (C=O) groups is 3. The second-order valence-corrected chi connectivity index (χ2v) is 9.41. The van der Waals surface area contributed by atoms with Crippen LogP contribution in [-0.2, 0) is 19.1 Å². The number of carboxylic acids is 1. The van der Waals surface area contributed by atoms with Crippen molar-refractivity contribution >= 4 is 29.7 Å². The zero-order valence-electron chi connectivity index (χ0n) is 18.9. The highest BCUT2D eigenvalue weighted by atomic mass is 32.2. The van der Waals surface area contributed by atoms with E-state index in [9.17, 15) is 19.5 Å². The summed E-state index contributed by atoms with van der Waals surface area (Å²) in [5, 5.41) is 12.2. The topological polar surface area (TPSA) is 105 Å². The van der Waals surface area contributed by atoms with Crippen molar-refractivity contribution in [2.24, 2.45) is 0 Å². The van der Waals surface area contributed by atoms with Gasteiger partial charge in [0.05, 0.1) is 0 Å². The number of aliphatic carboxylic acids is 1. The quantitative estimate of drug-likeness (QED) is 0.594. The van der Waals surface area contributed by atoms with E-state index in [4.69, 9.17) is 9.47 Å². The average Bonchev–Trinajstić information content (AvgIpc) is 3.18. The maximum atomic E-state index is 13.2. The number of amides is 2. The van der Waals surface area contributed by atoms with E-state index in [-0.39, 0.29) is 25.6 Å². The molecule has 1 aliphatic heterocycles. The van der Waals surface area contributed by atoms with Crippen LogP contribution >= 0.6 is 11.8 Å². The van der Waals surface area contributed by atoms with Gasteiger partial charge in [-0.15, -0.1) is 0 Å². The number of carboxylic acid groups (broad SMARTS) is 1. The molecule has 9 heteroatoms. The highest BCUT2D eigenvalue weighted by Gasteiger charge is 2.37. The lowest BCUT2D eigenvalue weighted by atomic mass is 9.98. The molecule has 1 saturated heterocycles. The Bertz CT molecular complexity index is 1020. The summed E-state index contributed by atoms with van der Waals surface area (Å²) in [6, 6.07) is 14.2. The van der Waals surface area contributed by atoms with Gasteiger partial charge in [-0.05, 0) is 22.3 Å². The van der Waals surface area contributed by atoms with Crippen LogP contribution in [0.3, 0.4) is 0 Å². The Morgan fingerprint density at radius 1 is 1.12 bits per heavy atom. The summed E-state index contributed by atoms with van der Waals surface area (Å²) in [5.74, 6) is -0.604. The van der Waals surface area contributed by atoms with Gasteiger partial charge in [-0.2, -0.15) is 11.8 Å². The van der Waals surface area contributed by atoms with Crippen molar-refractivity contribution in [2.45, 2.75) is 24.4 Å². The normalized spacial score (nSPS) is 18.0. The first-order valence-electron chi connectivity index (χ1n) is 11.2. The first kappa shape index (κ1) is 24.1. The van der Waals surface area contributed by atoms with Gasteiger partial charge in [0.15, 0.2) is 0 Å². The lowest BCUT2D eigenvalue weighted by molar-refractivity contribution is -0.150. The molecule has 2 amide bonds. The van der Waals surface area contributed by atoms with Crippen LogP contribution in [0, 0.1) is 0 Å². The van der Waals surface area contributed by atoms with Gasteiger partial charge in [0.2, 0.25) is 5.91 Å². The van der Waals surface area contributed by atoms with Crippen LogP contribution in [0.2, 0.25) is 0 Å². The van der Waals surface area contributed by atoms with Crippen LogP contribution in [0.15, 0.2) is 48.5 Å². The maximum absolute atomic E-state index is 13.2. The minimum Gasteiger partial charge on any atom is -0.480 e. The lowest BCUT2D eigenvalue weighted by Crippen LogP contribution is -2.57. The molecule has 1 aliphatic carbocycles. The number of nitrogens with one attached hydrogen (secondary N) is 1. The molecule has 180 valence electrons. The number of rotatable bonds is 8. The third-order valence-electron chi connectivity index (χ3n) is 6.24. The van der Waals surface area contributed by atoms with E-state index in [1.807, 2.05) is 36.4 Å². The van der Waals surface area contributed by atoms with Crippen molar-refractivity contribution in [3.8, 4) is 11.1 Å². The van der Waals surface area contributed by atoms with E-state index < -0.39 is 30.1 Å². The minimum absolute atomic E-state index is 0.0956. The van der Waals surface area contributed by atoms with Crippen molar-refractivity contribution < 1.29 is 29.0 Å². The molecule has 1 heterocycles. The number of thioether (sulfide) groups is 1. The van der Waals surface area contributed by atoms with E-state index in [0.29, 0.717) is 18.1 Å². The highest BCUT2D eigenvalue weighted by Crippen LogP contribution is 2.44. The molecule has 2 aliphatic rings. The van der Waals surface area contributed by atoms with Gasteiger partial charge in [-0.25, -0.2) is 9.59 Å². The molecule has 8 nitrogen and oxygen atoms in total. The van der Waals surface area contributed by atoms with Gasteiger partial charge in [0.1, 0.15) is 18.7 Å². The van der Waals surface area contributed by atoms with Crippen molar-refractivity contribution in [3.63, 3.8) is 0 Å². The summed E-state index contributed by atoms with van der Waals surface area (Å²) in [6.07, 6.45) is -0.496.